The van der Waals surface area contributed by atoms with Crippen LogP contribution in [-0.2, 0) is 22.3 Å². The number of carbonyl (C=O) groups excluding carboxylic acids is 1. The number of hydrogen-bond acceptors (Lipinski definition) is 3. The van der Waals surface area contributed by atoms with Crippen molar-refractivity contribution in [3.05, 3.63) is 47.8 Å². The molecular weight excluding hydrogens is 323 g/mol. The van der Waals surface area contributed by atoms with Gasteiger partial charge in [0.1, 0.15) is 0 Å². The third-order valence-electron chi connectivity index (χ3n) is 3.87. The molecule has 1 aliphatic rings. The third-order valence-corrected chi connectivity index (χ3v) is 3.87. The standard InChI is InChI=1S/C16H16F3N3O2/c17-16(18,19)14-12(8-20-15(23)11-6-7-24-10-11)9-21-22(14)13-4-2-1-3-5-13/h1-5,9,11H,6-8,10H2,(H,20,23)/t11-/m1/s1. The highest BCUT2D eigenvalue weighted by Gasteiger charge is 2.38. The first-order chi connectivity index (χ1) is 11.5. The lowest BCUT2D eigenvalue weighted by Gasteiger charge is -2.14. The minimum absolute atomic E-state index is 0.0707. The molecule has 1 aliphatic heterocycles. The van der Waals surface area contributed by atoms with E-state index in [2.05, 4.69) is 10.4 Å². The van der Waals surface area contributed by atoms with E-state index in [1.54, 1.807) is 30.3 Å². The zero-order valence-corrected chi connectivity index (χ0v) is 12.7. The van der Waals surface area contributed by atoms with Gasteiger partial charge in [0.15, 0.2) is 5.69 Å². The maximum absolute atomic E-state index is 13.5. The molecular formula is C16H16F3N3O2. The third kappa shape index (κ3) is 3.43. The number of amides is 1. The summed E-state index contributed by atoms with van der Waals surface area (Å²) in [5.41, 5.74) is -0.637. The first kappa shape index (κ1) is 16.5. The first-order valence-corrected chi connectivity index (χ1v) is 7.52. The van der Waals surface area contributed by atoms with Crippen LogP contribution in [-0.4, -0.2) is 28.9 Å². The predicted octanol–water partition coefficient (Wildman–Crippen LogP) is 2.54. The Kier molecular flexibility index (Phi) is 4.57. The number of halogens is 3. The minimum atomic E-state index is -4.58. The molecule has 0 radical (unpaired) electrons. The maximum Gasteiger partial charge on any atom is 0.433 e. The van der Waals surface area contributed by atoms with E-state index in [1.165, 1.54) is 0 Å². The van der Waals surface area contributed by atoms with Gasteiger partial charge in [-0.25, -0.2) is 4.68 Å². The van der Waals surface area contributed by atoms with Crippen LogP contribution in [0, 0.1) is 5.92 Å². The molecule has 24 heavy (non-hydrogen) atoms. The van der Waals surface area contributed by atoms with Gasteiger partial charge in [-0.05, 0) is 18.6 Å². The highest BCUT2D eigenvalue weighted by atomic mass is 19.4. The highest BCUT2D eigenvalue weighted by Crippen LogP contribution is 2.33. The molecule has 128 valence electrons. The van der Waals surface area contributed by atoms with Gasteiger partial charge >= 0.3 is 6.18 Å². The van der Waals surface area contributed by atoms with Crippen LogP contribution in [0.2, 0.25) is 0 Å². The second-order valence-corrected chi connectivity index (χ2v) is 5.54. The fraction of sp³-hybridized carbons (Fsp3) is 0.375. The summed E-state index contributed by atoms with van der Waals surface area (Å²) in [5, 5.41) is 6.39. The smallest absolute Gasteiger partial charge is 0.381 e. The summed E-state index contributed by atoms with van der Waals surface area (Å²) in [6, 6.07) is 8.07. The van der Waals surface area contributed by atoms with E-state index in [9.17, 15) is 18.0 Å². The Morgan fingerprint density at radius 3 is 2.71 bits per heavy atom. The molecule has 1 atom stereocenters. The lowest BCUT2D eigenvalue weighted by atomic mass is 10.1. The largest absolute Gasteiger partial charge is 0.433 e. The molecule has 1 aromatic carbocycles. The van der Waals surface area contributed by atoms with Crippen LogP contribution < -0.4 is 5.32 Å². The second-order valence-electron chi connectivity index (χ2n) is 5.54. The van der Waals surface area contributed by atoms with Crippen LogP contribution in [0.4, 0.5) is 13.2 Å². The molecule has 1 amide bonds. The molecule has 0 aliphatic carbocycles. The molecule has 8 heteroatoms. The summed E-state index contributed by atoms with van der Waals surface area (Å²) >= 11 is 0. The van der Waals surface area contributed by atoms with Crippen molar-refractivity contribution in [3.63, 3.8) is 0 Å². The van der Waals surface area contributed by atoms with Gasteiger partial charge in [0, 0.05) is 18.7 Å². The van der Waals surface area contributed by atoms with Crippen LogP contribution in [0.15, 0.2) is 36.5 Å². The Labute approximate surface area is 136 Å². The number of alkyl halides is 3. The molecule has 0 unspecified atom stereocenters. The molecule has 0 spiro atoms. The van der Waals surface area contributed by atoms with Crippen LogP contribution in [0.25, 0.3) is 5.69 Å². The number of aromatic nitrogens is 2. The molecule has 2 aromatic rings. The van der Waals surface area contributed by atoms with E-state index < -0.39 is 11.9 Å². The topological polar surface area (TPSA) is 56.2 Å². The normalized spacial score (nSPS) is 17.9. The number of carbonyl (C=O) groups is 1. The van der Waals surface area contributed by atoms with Crippen molar-refractivity contribution in [1.29, 1.82) is 0 Å². The Morgan fingerprint density at radius 1 is 1.33 bits per heavy atom. The van der Waals surface area contributed by atoms with Crippen molar-refractivity contribution < 1.29 is 22.7 Å². The van der Waals surface area contributed by atoms with Gasteiger partial charge in [-0.15, -0.1) is 0 Å². The van der Waals surface area contributed by atoms with Gasteiger partial charge in [0.05, 0.1) is 24.4 Å². The predicted molar refractivity (Wildman–Crippen MR) is 79.3 cm³/mol. The average Bonchev–Trinajstić information content (AvgIpc) is 3.22. The lowest BCUT2D eigenvalue weighted by Crippen LogP contribution is -2.31. The Morgan fingerprint density at radius 2 is 2.08 bits per heavy atom. The first-order valence-electron chi connectivity index (χ1n) is 7.52. The van der Waals surface area contributed by atoms with E-state index in [0.29, 0.717) is 25.3 Å². The van der Waals surface area contributed by atoms with Gasteiger partial charge < -0.3 is 10.1 Å². The van der Waals surface area contributed by atoms with E-state index in [1.807, 2.05) is 0 Å². The number of rotatable bonds is 4. The van der Waals surface area contributed by atoms with Crippen molar-refractivity contribution in [3.8, 4) is 5.69 Å². The maximum atomic E-state index is 13.5. The molecule has 0 bridgehead atoms. The van der Waals surface area contributed by atoms with Crippen molar-refractivity contribution in [2.45, 2.75) is 19.1 Å². The number of nitrogens with zero attached hydrogens (tertiary/aromatic N) is 2. The van der Waals surface area contributed by atoms with Crippen molar-refractivity contribution in [2.24, 2.45) is 5.92 Å². The van der Waals surface area contributed by atoms with E-state index in [0.717, 1.165) is 10.9 Å². The fourth-order valence-corrected chi connectivity index (χ4v) is 2.65. The summed E-state index contributed by atoms with van der Waals surface area (Å²) in [7, 11) is 0. The molecule has 2 heterocycles. The molecule has 1 fully saturated rings. The molecule has 1 saturated heterocycles. The van der Waals surface area contributed by atoms with E-state index >= 15 is 0 Å². The van der Waals surface area contributed by atoms with Crippen LogP contribution in [0.1, 0.15) is 17.7 Å². The van der Waals surface area contributed by atoms with Gasteiger partial charge in [-0.3, -0.25) is 4.79 Å². The average molecular weight is 339 g/mol. The number of benzene rings is 1. The van der Waals surface area contributed by atoms with E-state index in [-0.39, 0.29) is 23.9 Å². The minimum Gasteiger partial charge on any atom is -0.381 e. The Hall–Kier alpha value is -2.35. The van der Waals surface area contributed by atoms with E-state index in [4.69, 9.17) is 4.74 Å². The van der Waals surface area contributed by atoms with Gasteiger partial charge in [-0.1, -0.05) is 18.2 Å². The molecule has 1 N–H and O–H groups in total. The SMILES string of the molecule is O=C(NCc1cnn(-c2ccccc2)c1C(F)(F)F)[C@@H]1CCOC1. The quantitative estimate of drug-likeness (QED) is 0.931. The monoisotopic (exact) mass is 339 g/mol. The van der Waals surface area contributed by atoms with Gasteiger partial charge in [0.2, 0.25) is 5.91 Å². The fourth-order valence-electron chi connectivity index (χ4n) is 2.65. The van der Waals surface area contributed by atoms with Crippen LogP contribution >= 0.6 is 0 Å². The molecule has 5 nitrogen and oxygen atoms in total. The van der Waals surface area contributed by atoms with Crippen molar-refractivity contribution in [2.75, 3.05) is 13.2 Å². The van der Waals surface area contributed by atoms with Crippen molar-refractivity contribution >= 4 is 5.91 Å². The van der Waals surface area contributed by atoms with Gasteiger partial charge in [0.25, 0.3) is 0 Å². The van der Waals surface area contributed by atoms with Gasteiger partial charge in [-0.2, -0.15) is 18.3 Å². The van der Waals surface area contributed by atoms with Crippen LogP contribution in [0.3, 0.4) is 0 Å². The van der Waals surface area contributed by atoms with Crippen molar-refractivity contribution in [1.82, 2.24) is 15.1 Å². The Balaban J connectivity index is 1.83. The highest BCUT2D eigenvalue weighted by molar-refractivity contribution is 5.79. The number of ether oxygens (including phenoxy) is 1. The second kappa shape index (κ2) is 6.64. The Bertz CT molecular complexity index is 707. The summed E-state index contributed by atoms with van der Waals surface area (Å²) in [6.07, 6.45) is -2.86. The zero-order chi connectivity index (χ0) is 17.2. The lowest BCUT2D eigenvalue weighted by molar-refractivity contribution is -0.143. The number of hydrogen-bond donors (Lipinski definition) is 1. The number of para-hydroxylation sites is 1. The summed E-state index contributed by atoms with van der Waals surface area (Å²) < 4.78 is 46.3. The zero-order valence-electron chi connectivity index (χ0n) is 12.7. The summed E-state index contributed by atoms with van der Waals surface area (Å²) in [4.78, 5) is 12.0. The molecule has 3 rings (SSSR count). The van der Waals surface area contributed by atoms with Crippen LogP contribution in [0.5, 0.6) is 0 Å². The summed E-state index contributed by atoms with van der Waals surface area (Å²) in [6.45, 7) is 0.579. The number of nitrogens with one attached hydrogen (secondary N) is 1. The summed E-state index contributed by atoms with van der Waals surface area (Å²) in [5.74, 6) is -0.600. The molecule has 1 aromatic heterocycles. The molecule has 0 saturated carbocycles.